The number of hydrogen-bond acceptors (Lipinski definition) is 0. The van der Waals surface area contributed by atoms with Crippen LogP contribution in [0.2, 0.25) is 0 Å². The van der Waals surface area contributed by atoms with E-state index in [1.807, 2.05) is 12.3 Å². The molecule has 1 N–H and O–H groups in total. The van der Waals surface area contributed by atoms with Gasteiger partial charge >= 0.3 is 0 Å². The third kappa shape index (κ3) is 1.26. The quantitative estimate of drug-likeness (QED) is 0.653. The van der Waals surface area contributed by atoms with Crippen LogP contribution in [-0.4, -0.2) is 4.98 Å². The Bertz CT molecular complexity index is 343. The van der Waals surface area contributed by atoms with Crippen molar-refractivity contribution in [1.82, 2.24) is 4.98 Å². The van der Waals surface area contributed by atoms with Gasteiger partial charge in [-0.25, -0.2) is 0 Å². The summed E-state index contributed by atoms with van der Waals surface area (Å²) >= 11 is 0. The molecule has 0 spiro atoms. The van der Waals surface area contributed by atoms with Crippen LogP contribution >= 0.6 is 0 Å². The lowest BCUT2D eigenvalue weighted by Gasteiger charge is -1.97. The second-order valence-corrected chi connectivity index (χ2v) is 2.88. The highest BCUT2D eigenvalue weighted by molar-refractivity contribution is 5.59. The summed E-state index contributed by atoms with van der Waals surface area (Å²) in [5, 5.41) is 0. The fraction of sp³-hybridized carbons (Fsp3) is 0.0909. The second-order valence-electron chi connectivity index (χ2n) is 2.88. The van der Waals surface area contributed by atoms with Crippen LogP contribution < -0.4 is 0 Å². The summed E-state index contributed by atoms with van der Waals surface area (Å²) in [5.74, 6) is 0. The molecule has 1 nitrogen and oxygen atoms in total. The molecule has 0 atom stereocenters. The zero-order chi connectivity index (χ0) is 8.39. The Balaban J connectivity index is 2.43. The SMILES string of the molecule is Cc1ccc(-c2c[c]c[nH]2)cc1. The molecule has 1 heteroatoms. The van der Waals surface area contributed by atoms with Crippen molar-refractivity contribution < 1.29 is 0 Å². The molecule has 1 aromatic heterocycles. The normalized spacial score (nSPS) is 10.1. The van der Waals surface area contributed by atoms with Crippen molar-refractivity contribution >= 4 is 0 Å². The molecule has 0 saturated heterocycles. The molecule has 2 aromatic rings. The van der Waals surface area contributed by atoms with Gasteiger partial charge in [0.1, 0.15) is 0 Å². The van der Waals surface area contributed by atoms with Crippen LogP contribution in [0.5, 0.6) is 0 Å². The van der Waals surface area contributed by atoms with Crippen molar-refractivity contribution in [3.05, 3.63) is 48.2 Å². The van der Waals surface area contributed by atoms with E-state index in [2.05, 4.69) is 42.2 Å². The fourth-order valence-electron chi connectivity index (χ4n) is 1.19. The van der Waals surface area contributed by atoms with Crippen LogP contribution in [0.25, 0.3) is 11.3 Å². The smallest absolute Gasteiger partial charge is 0.0460 e. The number of hydrogen-bond donors (Lipinski definition) is 1. The number of aryl methyl sites for hydroxylation is 1. The molecule has 1 radical (unpaired) electrons. The largest absolute Gasteiger partial charge is 0.361 e. The monoisotopic (exact) mass is 156 g/mol. The van der Waals surface area contributed by atoms with Crippen LogP contribution in [0.15, 0.2) is 36.5 Å². The van der Waals surface area contributed by atoms with Crippen molar-refractivity contribution in [1.29, 1.82) is 0 Å². The van der Waals surface area contributed by atoms with Crippen LogP contribution in [0.1, 0.15) is 5.56 Å². The Morgan fingerprint density at radius 3 is 2.50 bits per heavy atom. The predicted molar refractivity (Wildman–Crippen MR) is 49.8 cm³/mol. The molecule has 0 saturated carbocycles. The molecular weight excluding hydrogens is 146 g/mol. The molecule has 0 fully saturated rings. The topological polar surface area (TPSA) is 15.8 Å². The molecule has 12 heavy (non-hydrogen) atoms. The summed E-state index contributed by atoms with van der Waals surface area (Å²) < 4.78 is 0. The van der Waals surface area contributed by atoms with Crippen molar-refractivity contribution in [3.8, 4) is 11.3 Å². The van der Waals surface area contributed by atoms with Crippen LogP contribution in [0.4, 0.5) is 0 Å². The van der Waals surface area contributed by atoms with E-state index in [1.165, 1.54) is 11.1 Å². The van der Waals surface area contributed by atoms with E-state index in [0.29, 0.717) is 0 Å². The zero-order valence-electron chi connectivity index (χ0n) is 6.96. The molecule has 0 aliphatic heterocycles. The summed E-state index contributed by atoms with van der Waals surface area (Å²) in [6.07, 6.45) is 1.81. The van der Waals surface area contributed by atoms with Gasteiger partial charge in [0.25, 0.3) is 0 Å². The summed E-state index contributed by atoms with van der Waals surface area (Å²) in [7, 11) is 0. The van der Waals surface area contributed by atoms with Gasteiger partial charge in [-0.15, -0.1) is 0 Å². The number of aromatic amines is 1. The third-order valence-corrected chi connectivity index (χ3v) is 1.90. The summed E-state index contributed by atoms with van der Waals surface area (Å²) in [5.41, 5.74) is 3.62. The molecule has 1 heterocycles. The average molecular weight is 156 g/mol. The molecule has 0 unspecified atom stereocenters. The summed E-state index contributed by atoms with van der Waals surface area (Å²) in [6, 6.07) is 13.4. The molecule has 59 valence electrons. The Labute approximate surface area is 72.1 Å². The maximum Gasteiger partial charge on any atom is 0.0460 e. The summed E-state index contributed by atoms with van der Waals surface area (Å²) in [6.45, 7) is 2.09. The maximum atomic E-state index is 3.12. The van der Waals surface area contributed by atoms with Gasteiger partial charge in [-0.2, -0.15) is 0 Å². The number of rotatable bonds is 1. The van der Waals surface area contributed by atoms with Crippen LogP contribution in [-0.2, 0) is 0 Å². The molecule has 0 bridgehead atoms. The first-order chi connectivity index (χ1) is 5.86. The van der Waals surface area contributed by atoms with E-state index >= 15 is 0 Å². The number of nitrogens with one attached hydrogen (secondary N) is 1. The Morgan fingerprint density at radius 2 is 1.92 bits per heavy atom. The highest BCUT2D eigenvalue weighted by atomic mass is 14.7. The van der Waals surface area contributed by atoms with Crippen molar-refractivity contribution in [3.63, 3.8) is 0 Å². The Morgan fingerprint density at radius 1 is 1.17 bits per heavy atom. The van der Waals surface area contributed by atoms with Gasteiger partial charge in [0, 0.05) is 18.0 Å². The molecule has 1 aromatic carbocycles. The lowest BCUT2D eigenvalue weighted by atomic mass is 10.1. The van der Waals surface area contributed by atoms with Gasteiger partial charge < -0.3 is 4.98 Å². The van der Waals surface area contributed by atoms with Crippen molar-refractivity contribution in [2.45, 2.75) is 6.92 Å². The van der Waals surface area contributed by atoms with E-state index in [0.717, 1.165) is 5.69 Å². The van der Waals surface area contributed by atoms with Gasteiger partial charge in [0.05, 0.1) is 0 Å². The van der Waals surface area contributed by atoms with E-state index in [-0.39, 0.29) is 0 Å². The third-order valence-electron chi connectivity index (χ3n) is 1.90. The van der Waals surface area contributed by atoms with Crippen LogP contribution in [0, 0.1) is 13.0 Å². The number of benzene rings is 1. The molecular formula is C11H10N. The lowest BCUT2D eigenvalue weighted by Crippen LogP contribution is -1.76. The number of aromatic nitrogens is 1. The minimum Gasteiger partial charge on any atom is -0.361 e. The minimum atomic E-state index is 1.12. The maximum absolute atomic E-state index is 3.12. The second kappa shape index (κ2) is 2.86. The van der Waals surface area contributed by atoms with Crippen LogP contribution in [0.3, 0.4) is 0 Å². The van der Waals surface area contributed by atoms with E-state index in [1.54, 1.807) is 0 Å². The lowest BCUT2D eigenvalue weighted by molar-refractivity contribution is 1.39. The fourth-order valence-corrected chi connectivity index (χ4v) is 1.19. The van der Waals surface area contributed by atoms with Gasteiger partial charge in [-0.3, -0.25) is 0 Å². The number of H-pyrrole nitrogens is 1. The highest BCUT2D eigenvalue weighted by Crippen LogP contribution is 2.16. The first-order valence-electron chi connectivity index (χ1n) is 3.98. The highest BCUT2D eigenvalue weighted by Gasteiger charge is 1.95. The molecule has 0 aliphatic rings. The van der Waals surface area contributed by atoms with Crippen molar-refractivity contribution in [2.24, 2.45) is 0 Å². The Hall–Kier alpha value is -1.50. The van der Waals surface area contributed by atoms with E-state index < -0.39 is 0 Å². The van der Waals surface area contributed by atoms with Gasteiger partial charge in [0.2, 0.25) is 0 Å². The van der Waals surface area contributed by atoms with Gasteiger partial charge in [0.15, 0.2) is 0 Å². The zero-order valence-corrected chi connectivity index (χ0v) is 6.96. The van der Waals surface area contributed by atoms with Gasteiger partial charge in [-0.05, 0) is 18.6 Å². The predicted octanol–water partition coefficient (Wildman–Crippen LogP) is 2.79. The first-order valence-corrected chi connectivity index (χ1v) is 3.98. The molecule has 0 aliphatic carbocycles. The van der Waals surface area contributed by atoms with E-state index in [4.69, 9.17) is 0 Å². The average Bonchev–Trinajstić information content (AvgIpc) is 2.58. The van der Waals surface area contributed by atoms with Gasteiger partial charge in [-0.1, -0.05) is 29.8 Å². The molecule has 2 rings (SSSR count). The van der Waals surface area contributed by atoms with Crippen molar-refractivity contribution in [2.75, 3.05) is 0 Å². The Kier molecular flexibility index (Phi) is 1.71. The molecule has 0 amide bonds. The standard InChI is InChI=1S/C11H10N/c1-9-4-6-10(7-5-9)11-3-2-8-12-11/h3-8,12H,1H3. The minimum absolute atomic E-state index is 1.12. The first kappa shape index (κ1) is 7.17. The van der Waals surface area contributed by atoms with E-state index in [9.17, 15) is 0 Å². The summed E-state index contributed by atoms with van der Waals surface area (Å²) in [4.78, 5) is 3.12.